The molecule has 0 bridgehead atoms. The summed E-state index contributed by atoms with van der Waals surface area (Å²) in [5.41, 5.74) is -0.171. The number of carbonyl (C=O) groups is 2. The lowest BCUT2D eigenvalue weighted by Crippen LogP contribution is -2.49. The molecule has 0 unspecified atom stereocenters. The van der Waals surface area contributed by atoms with Gasteiger partial charge in [0.2, 0.25) is 15.9 Å². The van der Waals surface area contributed by atoms with E-state index < -0.39 is 21.9 Å². The van der Waals surface area contributed by atoms with E-state index in [1.54, 1.807) is 0 Å². The third kappa shape index (κ3) is 2.98. The highest BCUT2D eigenvalue weighted by Gasteiger charge is 2.32. The summed E-state index contributed by atoms with van der Waals surface area (Å²) in [5.74, 6) is -1.62. The number of rotatable bonds is 4. The van der Waals surface area contributed by atoms with Crippen molar-refractivity contribution >= 4 is 21.9 Å². The second-order valence-corrected chi connectivity index (χ2v) is 6.27. The molecule has 1 aromatic carbocycles. The van der Waals surface area contributed by atoms with E-state index in [1.165, 1.54) is 19.2 Å². The molecule has 1 aliphatic rings. The first-order chi connectivity index (χ1) is 9.86. The van der Waals surface area contributed by atoms with Gasteiger partial charge >= 0.3 is 5.97 Å². The number of amides is 1. The van der Waals surface area contributed by atoms with Crippen molar-refractivity contribution in [1.82, 2.24) is 9.62 Å². The van der Waals surface area contributed by atoms with Gasteiger partial charge in [-0.1, -0.05) is 0 Å². The average molecular weight is 314 g/mol. The van der Waals surface area contributed by atoms with Crippen molar-refractivity contribution in [1.29, 1.82) is 0 Å². The van der Waals surface area contributed by atoms with Crippen molar-refractivity contribution in [2.45, 2.75) is 4.90 Å². The predicted octanol–water partition coefficient (Wildman–Crippen LogP) is -0.486. The molecule has 114 valence electrons. The topological polar surface area (TPSA) is 113 Å². The van der Waals surface area contributed by atoms with Crippen LogP contribution in [0.5, 0.6) is 5.75 Å². The molecular formula is C12H14N2O6S. The van der Waals surface area contributed by atoms with Crippen LogP contribution in [0.25, 0.3) is 0 Å². The van der Waals surface area contributed by atoms with Gasteiger partial charge in [-0.3, -0.25) is 4.79 Å². The van der Waals surface area contributed by atoms with Crippen molar-refractivity contribution < 1.29 is 27.9 Å². The van der Waals surface area contributed by atoms with Gasteiger partial charge in [0.25, 0.3) is 0 Å². The van der Waals surface area contributed by atoms with Crippen molar-refractivity contribution in [2.24, 2.45) is 0 Å². The zero-order valence-electron chi connectivity index (χ0n) is 11.2. The lowest BCUT2D eigenvalue weighted by atomic mass is 10.2. The van der Waals surface area contributed by atoms with Gasteiger partial charge in [-0.2, -0.15) is 4.31 Å². The number of carboxylic acids is 1. The van der Waals surface area contributed by atoms with Crippen LogP contribution in [0, 0.1) is 0 Å². The van der Waals surface area contributed by atoms with Gasteiger partial charge in [-0.05, 0) is 18.2 Å². The highest BCUT2D eigenvalue weighted by atomic mass is 32.2. The molecule has 1 fully saturated rings. The number of carbonyl (C=O) groups excluding carboxylic acids is 1. The van der Waals surface area contributed by atoms with Crippen LogP contribution in [-0.4, -0.2) is 56.5 Å². The molecule has 1 aliphatic heterocycles. The van der Waals surface area contributed by atoms with Crippen molar-refractivity contribution in [3.63, 3.8) is 0 Å². The van der Waals surface area contributed by atoms with Crippen LogP contribution in [0.4, 0.5) is 0 Å². The largest absolute Gasteiger partial charge is 0.495 e. The minimum absolute atomic E-state index is 0.0333. The number of piperazine rings is 1. The van der Waals surface area contributed by atoms with Crippen LogP contribution in [0.15, 0.2) is 23.1 Å². The molecule has 1 amide bonds. The summed E-state index contributed by atoms with van der Waals surface area (Å²) < 4.78 is 31.1. The van der Waals surface area contributed by atoms with Gasteiger partial charge in [-0.25, -0.2) is 13.2 Å². The van der Waals surface area contributed by atoms with E-state index in [9.17, 15) is 18.0 Å². The van der Waals surface area contributed by atoms with E-state index in [4.69, 9.17) is 9.84 Å². The quantitative estimate of drug-likeness (QED) is 0.775. The third-order valence-corrected chi connectivity index (χ3v) is 4.90. The van der Waals surface area contributed by atoms with Crippen molar-refractivity contribution in [3.05, 3.63) is 23.8 Å². The maximum absolute atomic E-state index is 12.6. The maximum Gasteiger partial charge on any atom is 0.335 e. The van der Waals surface area contributed by atoms with Gasteiger partial charge in [0.05, 0.1) is 19.2 Å². The van der Waals surface area contributed by atoms with E-state index >= 15 is 0 Å². The smallest absolute Gasteiger partial charge is 0.335 e. The summed E-state index contributed by atoms with van der Waals surface area (Å²) in [6.07, 6.45) is 0. The van der Waals surface area contributed by atoms with Crippen LogP contribution < -0.4 is 10.1 Å². The molecular weight excluding hydrogens is 300 g/mol. The van der Waals surface area contributed by atoms with E-state index in [-0.39, 0.29) is 35.8 Å². The fraction of sp³-hybridized carbons (Fsp3) is 0.333. The molecule has 0 spiro atoms. The highest BCUT2D eigenvalue weighted by molar-refractivity contribution is 7.89. The summed E-state index contributed by atoms with van der Waals surface area (Å²) in [6, 6.07) is 3.56. The zero-order valence-corrected chi connectivity index (χ0v) is 12.0. The van der Waals surface area contributed by atoms with E-state index in [1.807, 2.05) is 0 Å². The Morgan fingerprint density at radius 3 is 2.71 bits per heavy atom. The molecule has 9 heteroatoms. The Morgan fingerprint density at radius 2 is 2.14 bits per heavy atom. The highest BCUT2D eigenvalue weighted by Crippen LogP contribution is 2.28. The molecule has 1 heterocycles. The molecule has 2 N–H and O–H groups in total. The molecule has 2 rings (SSSR count). The minimum atomic E-state index is -4.01. The number of methoxy groups -OCH3 is 1. The molecule has 0 atom stereocenters. The van der Waals surface area contributed by atoms with Crippen LogP contribution in [0.2, 0.25) is 0 Å². The maximum atomic E-state index is 12.6. The Hall–Kier alpha value is -2.13. The molecule has 1 aromatic rings. The molecule has 21 heavy (non-hydrogen) atoms. The molecule has 1 saturated heterocycles. The van der Waals surface area contributed by atoms with Crippen LogP contribution in [0.3, 0.4) is 0 Å². The van der Waals surface area contributed by atoms with E-state index in [0.717, 1.165) is 10.4 Å². The average Bonchev–Trinajstić information content (AvgIpc) is 2.46. The number of benzene rings is 1. The van der Waals surface area contributed by atoms with Crippen molar-refractivity contribution in [2.75, 3.05) is 26.7 Å². The fourth-order valence-corrected chi connectivity index (χ4v) is 3.55. The van der Waals surface area contributed by atoms with Gasteiger partial charge in [-0.15, -0.1) is 0 Å². The number of hydrogen-bond acceptors (Lipinski definition) is 5. The fourth-order valence-electron chi connectivity index (χ4n) is 1.97. The summed E-state index contributed by atoms with van der Waals surface area (Å²) in [7, 11) is -2.72. The number of ether oxygens (including phenoxy) is 1. The standard InChI is InChI=1S/C12H14N2O6S/c1-20-9-3-2-8(12(16)17)6-10(9)21(18,19)14-5-4-13-11(15)7-14/h2-3,6H,4-5,7H2,1H3,(H,13,15)(H,16,17). The van der Waals surface area contributed by atoms with Gasteiger partial charge in [0.15, 0.2) is 0 Å². The van der Waals surface area contributed by atoms with Crippen LogP contribution >= 0.6 is 0 Å². The second-order valence-electron chi connectivity index (χ2n) is 4.36. The number of nitrogens with zero attached hydrogens (tertiary/aromatic N) is 1. The minimum Gasteiger partial charge on any atom is -0.495 e. The third-order valence-electron chi connectivity index (χ3n) is 3.03. The van der Waals surface area contributed by atoms with Crippen molar-refractivity contribution in [3.8, 4) is 5.75 Å². The van der Waals surface area contributed by atoms with E-state index in [2.05, 4.69) is 5.32 Å². The second kappa shape index (κ2) is 5.70. The number of carboxylic acid groups (broad SMARTS) is 1. The number of nitrogens with one attached hydrogen (secondary N) is 1. The first-order valence-electron chi connectivity index (χ1n) is 6.04. The number of sulfonamides is 1. The Bertz CT molecular complexity index is 685. The van der Waals surface area contributed by atoms with Crippen LogP contribution in [-0.2, 0) is 14.8 Å². The summed E-state index contributed by atoms with van der Waals surface area (Å²) >= 11 is 0. The predicted molar refractivity (Wildman–Crippen MR) is 71.7 cm³/mol. The molecule has 0 saturated carbocycles. The van der Waals surface area contributed by atoms with Gasteiger partial charge < -0.3 is 15.2 Å². The molecule has 0 aliphatic carbocycles. The summed E-state index contributed by atoms with van der Waals surface area (Å²) in [5, 5.41) is 11.5. The van der Waals surface area contributed by atoms with E-state index in [0.29, 0.717) is 0 Å². The Labute approximate surface area is 121 Å². The van der Waals surface area contributed by atoms with Gasteiger partial charge in [0, 0.05) is 13.1 Å². The number of aromatic carboxylic acids is 1. The monoisotopic (exact) mass is 314 g/mol. The Morgan fingerprint density at radius 1 is 1.43 bits per heavy atom. The normalized spacial score (nSPS) is 16.3. The molecule has 8 nitrogen and oxygen atoms in total. The first kappa shape index (κ1) is 15.3. The first-order valence-corrected chi connectivity index (χ1v) is 7.48. The Balaban J connectivity index is 2.49. The van der Waals surface area contributed by atoms with Crippen LogP contribution in [0.1, 0.15) is 10.4 Å². The number of hydrogen-bond donors (Lipinski definition) is 2. The SMILES string of the molecule is COc1ccc(C(=O)O)cc1S(=O)(=O)N1CCNC(=O)C1. The molecule has 0 radical (unpaired) electrons. The Kier molecular flexibility index (Phi) is 4.14. The molecule has 0 aromatic heterocycles. The van der Waals surface area contributed by atoms with Gasteiger partial charge in [0.1, 0.15) is 10.6 Å². The lowest BCUT2D eigenvalue weighted by molar-refractivity contribution is -0.122. The lowest BCUT2D eigenvalue weighted by Gasteiger charge is -2.26. The zero-order chi connectivity index (χ0) is 15.6. The summed E-state index contributed by atoms with van der Waals surface area (Å²) in [4.78, 5) is 22.1. The summed E-state index contributed by atoms with van der Waals surface area (Å²) in [6.45, 7) is 0.0241.